The standard InChI is InChI=1S/C4H2ClFO2S2/c5-10(7,8)4-2-9-1-3(4)6/h1-2H. The average molecular weight is 201 g/mol. The van der Waals surface area contributed by atoms with E-state index >= 15 is 0 Å². The molecule has 1 rings (SSSR count). The minimum absolute atomic E-state index is 0.445. The molecule has 0 aliphatic heterocycles. The van der Waals surface area contributed by atoms with E-state index in [0.29, 0.717) is 0 Å². The van der Waals surface area contributed by atoms with Crippen molar-refractivity contribution in [2.24, 2.45) is 0 Å². The van der Waals surface area contributed by atoms with Crippen LogP contribution in [0, 0.1) is 5.82 Å². The third-order valence-corrected chi connectivity index (χ3v) is 3.05. The van der Waals surface area contributed by atoms with E-state index in [1.54, 1.807) is 0 Å². The van der Waals surface area contributed by atoms with Gasteiger partial charge in [0, 0.05) is 21.4 Å². The highest BCUT2D eigenvalue weighted by molar-refractivity contribution is 8.13. The molecule has 0 aliphatic carbocycles. The van der Waals surface area contributed by atoms with E-state index in [9.17, 15) is 12.8 Å². The van der Waals surface area contributed by atoms with Crippen molar-refractivity contribution in [1.82, 2.24) is 0 Å². The maximum absolute atomic E-state index is 12.4. The van der Waals surface area contributed by atoms with Gasteiger partial charge < -0.3 is 0 Å². The zero-order valence-corrected chi connectivity index (χ0v) is 6.93. The number of hydrogen-bond acceptors (Lipinski definition) is 3. The molecule has 0 atom stereocenters. The summed E-state index contributed by atoms with van der Waals surface area (Å²) in [4.78, 5) is -0.445. The molecule has 1 heterocycles. The Morgan fingerprint density at radius 2 is 2.10 bits per heavy atom. The fourth-order valence-electron chi connectivity index (χ4n) is 0.444. The molecule has 0 saturated carbocycles. The van der Waals surface area contributed by atoms with E-state index in [1.807, 2.05) is 0 Å². The molecule has 1 aromatic heterocycles. The molecule has 0 saturated heterocycles. The topological polar surface area (TPSA) is 34.1 Å². The predicted molar refractivity (Wildman–Crippen MR) is 37.3 cm³/mol. The third-order valence-electron chi connectivity index (χ3n) is 0.845. The van der Waals surface area contributed by atoms with Gasteiger partial charge in [-0.1, -0.05) is 0 Å². The Morgan fingerprint density at radius 1 is 1.50 bits per heavy atom. The van der Waals surface area contributed by atoms with Crippen LogP contribution in [-0.4, -0.2) is 8.42 Å². The van der Waals surface area contributed by atoms with Gasteiger partial charge in [-0.2, -0.15) is 0 Å². The van der Waals surface area contributed by atoms with Gasteiger partial charge in [0.15, 0.2) is 5.82 Å². The van der Waals surface area contributed by atoms with Crippen LogP contribution in [0.3, 0.4) is 0 Å². The van der Waals surface area contributed by atoms with Crippen LogP contribution in [-0.2, 0) is 9.05 Å². The molecule has 2 nitrogen and oxygen atoms in total. The number of rotatable bonds is 1. The molecule has 0 aromatic carbocycles. The molecule has 0 bridgehead atoms. The van der Waals surface area contributed by atoms with Crippen molar-refractivity contribution in [3.05, 3.63) is 16.6 Å². The van der Waals surface area contributed by atoms with Crippen LogP contribution in [0.1, 0.15) is 0 Å². The first kappa shape index (κ1) is 7.97. The molecule has 0 radical (unpaired) electrons. The van der Waals surface area contributed by atoms with E-state index in [2.05, 4.69) is 0 Å². The van der Waals surface area contributed by atoms with Crippen LogP contribution in [0.4, 0.5) is 4.39 Å². The van der Waals surface area contributed by atoms with E-state index < -0.39 is 19.8 Å². The van der Waals surface area contributed by atoms with Crippen LogP contribution >= 0.6 is 22.0 Å². The van der Waals surface area contributed by atoms with Gasteiger partial charge in [-0.25, -0.2) is 12.8 Å². The fraction of sp³-hybridized carbons (Fsp3) is 0. The summed E-state index contributed by atoms with van der Waals surface area (Å²) < 4.78 is 33.3. The van der Waals surface area contributed by atoms with E-state index in [-0.39, 0.29) is 0 Å². The maximum atomic E-state index is 12.4. The Morgan fingerprint density at radius 3 is 2.30 bits per heavy atom. The van der Waals surface area contributed by atoms with Crippen molar-refractivity contribution < 1.29 is 12.8 Å². The van der Waals surface area contributed by atoms with E-state index in [4.69, 9.17) is 10.7 Å². The molecule has 0 amide bonds. The molecule has 56 valence electrons. The normalized spacial score (nSPS) is 11.8. The molecule has 10 heavy (non-hydrogen) atoms. The monoisotopic (exact) mass is 200 g/mol. The lowest BCUT2D eigenvalue weighted by molar-refractivity contribution is 0.580. The van der Waals surface area contributed by atoms with Crippen LogP contribution < -0.4 is 0 Å². The summed E-state index contributed by atoms with van der Waals surface area (Å²) >= 11 is 0.954. The van der Waals surface area contributed by atoms with Gasteiger partial charge in [0.2, 0.25) is 0 Å². The molecule has 1 aromatic rings. The summed E-state index contributed by atoms with van der Waals surface area (Å²) in [5, 5.41) is 2.23. The Bertz CT molecular complexity index is 329. The van der Waals surface area contributed by atoms with Gasteiger partial charge in [-0.15, -0.1) is 11.3 Å². The summed E-state index contributed by atoms with van der Waals surface area (Å²) in [7, 11) is 0.962. The quantitative estimate of drug-likeness (QED) is 0.648. The van der Waals surface area contributed by atoms with Gasteiger partial charge in [-0.05, 0) is 0 Å². The van der Waals surface area contributed by atoms with Crippen molar-refractivity contribution in [1.29, 1.82) is 0 Å². The van der Waals surface area contributed by atoms with Crippen molar-refractivity contribution in [3.8, 4) is 0 Å². The van der Waals surface area contributed by atoms with E-state index in [1.165, 1.54) is 0 Å². The molecule has 0 unspecified atom stereocenters. The van der Waals surface area contributed by atoms with Crippen LogP contribution in [0.2, 0.25) is 0 Å². The van der Waals surface area contributed by atoms with Crippen LogP contribution in [0.25, 0.3) is 0 Å². The second-order valence-electron chi connectivity index (χ2n) is 1.52. The van der Waals surface area contributed by atoms with E-state index in [0.717, 1.165) is 22.1 Å². The zero-order valence-electron chi connectivity index (χ0n) is 4.54. The minimum atomic E-state index is -3.88. The first-order valence-corrected chi connectivity index (χ1v) is 5.43. The summed E-state index contributed by atoms with van der Waals surface area (Å²) in [6.07, 6.45) is 0. The molecular formula is C4H2ClFO2S2. The molecule has 6 heteroatoms. The molecule has 0 N–H and O–H groups in total. The Balaban J connectivity index is 3.32. The van der Waals surface area contributed by atoms with Gasteiger partial charge in [0.05, 0.1) is 0 Å². The number of hydrogen-bond donors (Lipinski definition) is 0. The SMILES string of the molecule is O=S(=O)(Cl)c1cscc1F. The van der Waals surface area contributed by atoms with Crippen molar-refractivity contribution in [2.75, 3.05) is 0 Å². The molecule has 0 aliphatic rings. The lowest BCUT2D eigenvalue weighted by atomic mass is 10.6. The summed E-state index contributed by atoms with van der Waals surface area (Å²) in [5.74, 6) is -0.792. The molecular weight excluding hydrogens is 199 g/mol. The van der Waals surface area contributed by atoms with Gasteiger partial charge in [-0.3, -0.25) is 0 Å². The Hall–Kier alpha value is -0.130. The van der Waals surface area contributed by atoms with Crippen molar-refractivity contribution >= 4 is 31.1 Å². The summed E-state index contributed by atoms with van der Waals surface area (Å²) in [5.41, 5.74) is 0. The number of thiophene rings is 1. The zero-order chi connectivity index (χ0) is 7.78. The van der Waals surface area contributed by atoms with Crippen molar-refractivity contribution in [3.63, 3.8) is 0 Å². The highest BCUT2D eigenvalue weighted by atomic mass is 35.7. The Labute approximate surface area is 65.7 Å². The average Bonchev–Trinajstić information content (AvgIpc) is 2.11. The molecule has 0 fully saturated rings. The summed E-state index contributed by atoms with van der Waals surface area (Å²) in [6, 6.07) is 0. The minimum Gasteiger partial charge on any atom is -0.207 e. The fourth-order valence-corrected chi connectivity index (χ4v) is 2.54. The lowest BCUT2D eigenvalue weighted by Gasteiger charge is -1.86. The first-order chi connectivity index (χ1) is 4.52. The smallest absolute Gasteiger partial charge is 0.207 e. The lowest BCUT2D eigenvalue weighted by Crippen LogP contribution is -1.89. The van der Waals surface area contributed by atoms with Crippen LogP contribution in [0.5, 0.6) is 0 Å². The predicted octanol–water partition coefficient (Wildman–Crippen LogP) is 1.81. The highest BCUT2D eigenvalue weighted by Crippen LogP contribution is 2.21. The van der Waals surface area contributed by atoms with Crippen molar-refractivity contribution in [2.45, 2.75) is 4.90 Å². The third kappa shape index (κ3) is 1.47. The van der Waals surface area contributed by atoms with Crippen LogP contribution in [0.15, 0.2) is 15.7 Å². The number of halogens is 2. The maximum Gasteiger partial charge on any atom is 0.265 e. The second-order valence-corrected chi connectivity index (χ2v) is 4.80. The summed E-state index contributed by atoms with van der Waals surface area (Å²) in [6.45, 7) is 0. The largest absolute Gasteiger partial charge is 0.265 e. The van der Waals surface area contributed by atoms with Gasteiger partial charge in [0.1, 0.15) is 4.90 Å². The second kappa shape index (κ2) is 2.48. The first-order valence-electron chi connectivity index (χ1n) is 2.18. The highest BCUT2D eigenvalue weighted by Gasteiger charge is 2.15. The molecule has 0 spiro atoms. The Kier molecular flexibility index (Phi) is 1.98. The van der Waals surface area contributed by atoms with Gasteiger partial charge in [0.25, 0.3) is 9.05 Å². The van der Waals surface area contributed by atoms with Gasteiger partial charge >= 0.3 is 0 Å².